The summed E-state index contributed by atoms with van der Waals surface area (Å²) in [6, 6.07) is 13.1. The van der Waals surface area contributed by atoms with Crippen molar-refractivity contribution in [1.29, 1.82) is 0 Å². The minimum absolute atomic E-state index is 0.286. The van der Waals surface area contributed by atoms with Crippen LogP contribution in [0, 0.1) is 12.3 Å². The van der Waals surface area contributed by atoms with Gasteiger partial charge in [0.15, 0.2) is 9.84 Å². The van der Waals surface area contributed by atoms with Crippen LogP contribution in [0.3, 0.4) is 0 Å². The Labute approximate surface area is 128 Å². The number of rotatable bonds is 1. The average Bonchev–Trinajstić information content (AvgIpc) is 2.61. The second kappa shape index (κ2) is 5.10. The molecule has 0 saturated carbocycles. The van der Waals surface area contributed by atoms with Crippen LogP contribution in [0.15, 0.2) is 57.2 Å². The maximum atomic E-state index is 11.7. The van der Waals surface area contributed by atoms with Gasteiger partial charge in [-0.2, -0.15) is 0 Å². The van der Waals surface area contributed by atoms with Gasteiger partial charge in [-0.1, -0.05) is 35.9 Å². The van der Waals surface area contributed by atoms with E-state index in [-0.39, 0.29) is 4.90 Å². The van der Waals surface area contributed by atoms with E-state index in [9.17, 15) is 8.42 Å². The fourth-order valence-corrected chi connectivity index (χ4v) is 3.89. The molecular weight excluding hydrogens is 300 g/mol. The Morgan fingerprint density at radius 2 is 1.86 bits per heavy atom. The van der Waals surface area contributed by atoms with E-state index < -0.39 is 9.84 Å². The monoisotopic (exact) mass is 312 g/mol. The molecule has 0 saturated heterocycles. The molecule has 0 amide bonds. The lowest BCUT2D eigenvalue weighted by molar-refractivity contribution is 0.602. The molecule has 1 aliphatic rings. The Kier molecular flexibility index (Phi) is 3.40. The molecule has 0 aliphatic carbocycles. The molecule has 2 nitrogen and oxygen atoms in total. The lowest BCUT2D eigenvalue weighted by Gasteiger charge is -2.08. The summed E-state index contributed by atoms with van der Waals surface area (Å²) in [5.41, 5.74) is 2.54. The van der Waals surface area contributed by atoms with Crippen molar-refractivity contribution in [3.63, 3.8) is 0 Å². The number of terminal acetylenes is 1. The normalized spacial score (nSPS) is 13.4. The molecule has 21 heavy (non-hydrogen) atoms. The van der Waals surface area contributed by atoms with Gasteiger partial charge < -0.3 is 0 Å². The van der Waals surface area contributed by atoms with Crippen LogP contribution >= 0.6 is 11.8 Å². The van der Waals surface area contributed by atoms with Crippen LogP contribution in [0.1, 0.15) is 11.1 Å². The molecule has 3 rings (SSSR count). The Morgan fingerprint density at radius 1 is 1.10 bits per heavy atom. The van der Waals surface area contributed by atoms with Gasteiger partial charge in [-0.15, -0.1) is 6.42 Å². The molecule has 2 aromatic carbocycles. The minimum Gasteiger partial charge on any atom is -0.224 e. The first kappa shape index (κ1) is 14.0. The van der Waals surface area contributed by atoms with E-state index in [1.807, 2.05) is 36.4 Å². The molecule has 2 aromatic rings. The predicted octanol–water partition coefficient (Wildman–Crippen LogP) is 3.73. The second-order valence-corrected chi connectivity index (χ2v) is 7.87. The first-order chi connectivity index (χ1) is 9.99. The molecule has 0 aromatic heterocycles. The average molecular weight is 312 g/mol. The highest BCUT2D eigenvalue weighted by atomic mass is 32.2. The van der Waals surface area contributed by atoms with E-state index in [2.05, 4.69) is 5.92 Å². The Morgan fingerprint density at radius 3 is 2.57 bits per heavy atom. The van der Waals surface area contributed by atoms with E-state index in [4.69, 9.17) is 6.42 Å². The van der Waals surface area contributed by atoms with Crippen molar-refractivity contribution in [2.24, 2.45) is 0 Å². The van der Waals surface area contributed by atoms with Gasteiger partial charge in [0.25, 0.3) is 0 Å². The summed E-state index contributed by atoms with van der Waals surface area (Å²) in [7, 11) is -3.25. The van der Waals surface area contributed by atoms with Crippen LogP contribution in [0.4, 0.5) is 0 Å². The Hall–Kier alpha value is -1.96. The summed E-state index contributed by atoms with van der Waals surface area (Å²) < 4.78 is 23.5. The van der Waals surface area contributed by atoms with Gasteiger partial charge in [-0.05, 0) is 35.9 Å². The standard InChI is InChI=1S/C17H12O2S2/c1-3-12-10-13-6-4-5-7-16(13)20-17-9-8-14(11-15(12)17)21(2,18)19/h1,4-11H,2H3. The van der Waals surface area contributed by atoms with Crippen LogP contribution in [0.2, 0.25) is 0 Å². The van der Waals surface area contributed by atoms with Gasteiger partial charge in [-0.25, -0.2) is 8.42 Å². The van der Waals surface area contributed by atoms with E-state index in [0.717, 1.165) is 20.9 Å². The molecule has 0 radical (unpaired) electrons. The van der Waals surface area contributed by atoms with Crippen molar-refractivity contribution in [2.75, 3.05) is 6.26 Å². The van der Waals surface area contributed by atoms with Crippen molar-refractivity contribution in [3.8, 4) is 12.3 Å². The predicted molar refractivity (Wildman–Crippen MR) is 86.8 cm³/mol. The molecule has 0 N–H and O–H groups in total. The number of hydrogen-bond acceptors (Lipinski definition) is 3. The highest BCUT2D eigenvalue weighted by Gasteiger charge is 2.17. The molecular formula is C17H12O2S2. The Balaban J connectivity index is 2.27. The zero-order chi connectivity index (χ0) is 15.0. The number of fused-ring (bicyclic) bond motifs is 2. The van der Waals surface area contributed by atoms with Gasteiger partial charge in [0, 0.05) is 27.2 Å². The topological polar surface area (TPSA) is 34.1 Å². The molecule has 0 unspecified atom stereocenters. The third-order valence-corrected chi connectivity index (χ3v) is 5.54. The smallest absolute Gasteiger partial charge is 0.175 e. The maximum Gasteiger partial charge on any atom is 0.175 e. The van der Waals surface area contributed by atoms with E-state index in [1.165, 1.54) is 6.26 Å². The quantitative estimate of drug-likeness (QED) is 0.753. The molecule has 0 atom stereocenters. The van der Waals surface area contributed by atoms with E-state index in [1.54, 1.807) is 23.9 Å². The van der Waals surface area contributed by atoms with Crippen molar-refractivity contribution >= 4 is 33.2 Å². The summed E-state index contributed by atoms with van der Waals surface area (Å²) in [6.45, 7) is 0. The van der Waals surface area contributed by atoms with Crippen LogP contribution in [0.5, 0.6) is 0 Å². The highest BCUT2D eigenvalue weighted by Crippen LogP contribution is 2.40. The SMILES string of the molecule is C#CC1=Cc2ccccc2Sc2ccc(S(C)(=O)=O)cc21. The molecule has 0 spiro atoms. The van der Waals surface area contributed by atoms with Crippen LogP contribution in [-0.2, 0) is 9.84 Å². The number of benzene rings is 2. The van der Waals surface area contributed by atoms with Crippen LogP contribution in [-0.4, -0.2) is 14.7 Å². The van der Waals surface area contributed by atoms with Crippen molar-refractivity contribution in [1.82, 2.24) is 0 Å². The molecule has 1 heterocycles. The van der Waals surface area contributed by atoms with Crippen molar-refractivity contribution in [2.45, 2.75) is 14.7 Å². The lowest BCUT2D eigenvalue weighted by Crippen LogP contribution is -1.98. The van der Waals surface area contributed by atoms with E-state index in [0.29, 0.717) is 5.57 Å². The third kappa shape index (κ3) is 2.63. The fraction of sp³-hybridized carbons (Fsp3) is 0.0588. The largest absolute Gasteiger partial charge is 0.224 e. The van der Waals surface area contributed by atoms with Crippen molar-refractivity contribution < 1.29 is 8.42 Å². The number of sulfone groups is 1. The minimum atomic E-state index is -3.25. The summed E-state index contributed by atoms with van der Waals surface area (Å²) in [4.78, 5) is 2.36. The van der Waals surface area contributed by atoms with Gasteiger partial charge in [0.2, 0.25) is 0 Å². The molecule has 104 valence electrons. The van der Waals surface area contributed by atoms with E-state index >= 15 is 0 Å². The van der Waals surface area contributed by atoms with Gasteiger partial charge in [0.1, 0.15) is 0 Å². The first-order valence-corrected chi connectivity index (χ1v) is 8.99. The van der Waals surface area contributed by atoms with Gasteiger partial charge in [0.05, 0.1) is 4.90 Å². The molecule has 0 fully saturated rings. The maximum absolute atomic E-state index is 11.7. The summed E-state index contributed by atoms with van der Waals surface area (Å²) in [6.07, 6.45) is 8.76. The zero-order valence-electron chi connectivity index (χ0n) is 11.3. The van der Waals surface area contributed by atoms with Gasteiger partial charge in [-0.3, -0.25) is 0 Å². The van der Waals surface area contributed by atoms with Gasteiger partial charge >= 0.3 is 0 Å². The summed E-state index contributed by atoms with van der Waals surface area (Å²) in [5, 5.41) is 0. The third-order valence-electron chi connectivity index (χ3n) is 3.26. The lowest BCUT2D eigenvalue weighted by atomic mass is 10.0. The van der Waals surface area contributed by atoms with Crippen LogP contribution in [0.25, 0.3) is 11.6 Å². The second-order valence-electron chi connectivity index (χ2n) is 4.77. The first-order valence-electron chi connectivity index (χ1n) is 6.29. The molecule has 1 aliphatic heterocycles. The molecule has 0 bridgehead atoms. The fourth-order valence-electron chi connectivity index (χ4n) is 2.20. The zero-order valence-corrected chi connectivity index (χ0v) is 13.0. The van der Waals surface area contributed by atoms with Crippen LogP contribution < -0.4 is 0 Å². The summed E-state index contributed by atoms with van der Waals surface area (Å²) >= 11 is 1.60. The molecule has 4 heteroatoms. The Bertz CT molecular complexity index is 901. The number of allylic oxidation sites excluding steroid dienone is 1. The highest BCUT2D eigenvalue weighted by molar-refractivity contribution is 7.99. The summed E-state index contributed by atoms with van der Waals surface area (Å²) in [5.74, 6) is 2.67. The van der Waals surface area contributed by atoms with Crippen molar-refractivity contribution in [3.05, 3.63) is 53.6 Å². The number of hydrogen-bond donors (Lipinski definition) is 0.